The molecule has 132 valence electrons. The van der Waals surface area contributed by atoms with Gasteiger partial charge in [-0.05, 0) is 53.7 Å². The van der Waals surface area contributed by atoms with Crippen molar-refractivity contribution < 1.29 is 9.50 Å². The lowest BCUT2D eigenvalue weighted by molar-refractivity contribution is 0.209. The molecule has 0 saturated carbocycles. The van der Waals surface area contributed by atoms with Crippen molar-refractivity contribution in [2.24, 2.45) is 5.92 Å². The topological polar surface area (TPSA) is 45.1 Å². The van der Waals surface area contributed by atoms with Crippen molar-refractivity contribution in [2.75, 3.05) is 6.61 Å². The van der Waals surface area contributed by atoms with Gasteiger partial charge in [-0.15, -0.1) is 0 Å². The number of aryl methyl sites for hydroxylation is 1. The number of hydrogen-bond donors (Lipinski definition) is 2. The summed E-state index contributed by atoms with van der Waals surface area (Å²) in [7, 11) is 0. The lowest BCUT2D eigenvalue weighted by Crippen LogP contribution is -2.37. The number of aromatic nitrogens is 1. The molecule has 0 aliphatic heterocycles. The maximum absolute atomic E-state index is 14.1. The van der Waals surface area contributed by atoms with Gasteiger partial charge in [0.25, 0.3) is 0 Å². The van der Waals surface area contributed by atoms with Gasteiger partial charge in [-0.1, -0.05) is 38.1 Å². The van der Waals surface area contributed by atoms with Gasteiger partial charge in [-0.25, -0.2) is 9.37 Å². The Morgan fingerprint density at radius 3 is 2.72 bits per heavy atom. The van der Waals surface area contributed by atoms with Gasteiger partial charge >= 0.3 is 0 Å². The van der Waals surface area contributed by atoms with E-state index in [1.54, 1.807) is 6.07 Å². The number of aliphatic hydroxyl groups is 1. The summed E-state index contributed by atoms with van der Waals surface area (Å²) < 4.78 is 14.1. The van der Waals surface area contributed by atoms with Crippen LogP contribution in [0.4, 0.5) is 4.39 Å². The van der Waals surface area contributed by atoms with Gasteiger partial charge in [-0.2, -0.15) is 0 Å². The average Bonchev–Trinajstić information content (AvgIpc) is 2.63. The van der Waals surface area contributed by atoms with Crippen LogP contribution in [0.25, 0.3) is 11.6 Å². The first-order chi connectivity index (χ1) is 12.1. The molecular formula is C21H25FN2O. The molecule has 1 aliphatic rings. The SMILES string of the molecule is CC(C)[C@H](CO)NCc1nc(C2=Cc3ccccc3CC2)ccc1F. The highest BCUT2D eigenvalue weighted by atomic mass is 19.1. The van der Waals surface area contributed by atoms with Crippen LogP contribution >= 0.6 is 0 Å². The molecule has 4 heteroatoms. The molecule has 1 heterocycles. The zero-order valence-electron chi connectivity index (χ0n) is 14.8. The van der Waals surface area contributed by atoms with E-state index in [0.717, 1.165) is 24.1 Å². The van der Waals surface area contributed by atoms with E-state index in [1.807, 2.05) is 19.9 Å². The Kier molecular flexibility index (Phi) is 5.61. The molecule has 1 aromatic heterocycles. The molecule has 2 aromatic rings. The van der Waals surface area contributed by atoms with Gasteiger partial charge in [0.05, 0.1) is 18.0 Å². The molecule has 0 unspecified atom stereocenters. The molecule has 1 aliphatic carbocycles. The summed E-state index contributed by atoms with van der Waals surface area (Å²) in [6, 6.07) is 11.5. The van der Waals surface area contributed by atoms with Crippen LogP contribution in [0.3, 0.4) is 0 Å². The fraction of sp³-hybridized carbons (Fsp3) is 0.381. The first-order valence-electron chi connectivity index (χ1n) is 8.87. The number of hydrogen-bond acceptors (Lipinski definition) is 3. The molecule has 25 heavy (non-hydrogen) atoms. The van der Waals surface area contributed by atoms with E-state index in [-0.39, 0.29) is 24.4 Å². The quantitative estimate of drug-likeness (QED) is 0.840. The van der Waals surface area contributed by atoms with Crippen molar-refractivity contribution in [1.29, 1.82) is 0 Å². The summed E-state index contributed by atoms with van der Waals surface area (Å²) in [5, 5.41) is 12.6. The van der Waals surface area contributed by atoms with Crippen LogP contribution in [-0.4, -0.2) is 22.7 Å². The van der Waals surface area contributed by atoms with Gasteiger partial charge in [0.1, 0.15) is 5.82 Å². The molecule has 3 nitrogen and oxygen atoms in total. The fourth-order valence-corrected chi connectivity index (χ4v) is 3.16. The van der Waals surface area contributed by atoms with E-state index in [4.69, 9.17) is 0 Å². The van der Waals surface area contributed by atoms with Gasteiger partial charge < -0.3 is 10.4 Å². The minimum absolute atomic E-state index is 0.0287. The maximum Gasteiger partial charge on any atom is 0.146 e. The lowest BCUT2D eigenvalue weighted by Gasteiger charge is -2.20. The summed E-state index contributed by atoms with van der Waals surface area (Å²) in [6.07, 6.45) is 4.04. The van der Waals surface area contributed by atoms with Crippen LogP contribution in [0.2, 0.25) is 0 Å². The predicted octanol–water partition coefficient (Wildman–Crippen LogP) is 3.81. The standard InChI is InChI=1S/C21H25FN2O/c1-14(2)21(13-25)23-12-20-18(22)9-10-19(24-20)17-8-7-15-5-3-4-6-16(15)11-17/h3-6,9-11,14,21,23,25H,7-8,12-13H2,1-2H3/t21-/m0/s1. The number of fused-ring (bicyclic) bond motifs is 1. The second-order valence-corrected chi connectivity index (χ2v) is 6.91. The first-order valence-corrected chi connectivity index (χ1v) is 8.87. The molecule has 0 radical (unpaired) electrons. The van der Waals surface area contributed by atoms with Crippen molar-refractivity contribution in [1.82, 2.24) is 10.3 Å². The van der Waals surface area contributed by atoms with Crippen molar-refractivity contribution in [2.45, 2.75) is 39.3 Å². The highest BCUT2D eigenvalue weighted by Gasteiger charge is 2.16. The second kappa shape index (κ2) is 7.89. The van der Waals surface area contributed by atoms with Gasteiger partial charge in [0, 0.05) is 12.6 Å². The molecule has 0 amide bonds. The molecule has 0 fully saturated rings. The summed E-state index contributed by atoms with van der Waals surface area (Å²) in [6.45, 7) is 4.39. The zero-order valence-corrected chi connectivity index (χ0v) is 14.8. The molecule has 0 spiro atoms. The van der Waals surface area contributed by atoms with E-state index in [2.05, 4.69) is 34.6 Å². The Labute approximate surface area is 148 Å². The summed E-state index contributed by atoms with van der Waals surface area (Å²) in [4.78, 5) is 4.55. The predicted molar refractivity (Wildman–Crippen MR) is 99.4 cm³/mol. The molecule has 0 bridgehead atoms. The van der Waals surface area contributed by atoms with E-state index >= 15 is 0 Å². The van der Waals surface area contributed by atoms with Gasteiger partial charge in [0.2, 0.25) is 0 Å². The lowest BCUT2D eigenvalue weighted by atomic mass is 9.90. The number of rotatable bonds is 6. The molecule has 0 saturated heterocycles. The number of nitrogens with zero attached hydrogens (tertiary/aromatic N) is 1. The third kappa shape index (κ3) is 4.14. The van der Waals surface area contributed by atoms with Crippen molar-refractivity contribution in [3.8, 4) is 0 Å². The molecular weight excluding hydrogens is 315 g/mol. The number of aliphatic hydroxyl groups excluding tert-OH is 1. The van der Waals surface area contributed by atoms with Crippen LogP contribution < -0.4 is 5.32 Å². The number of pyridine rings is 1. The Balaban J connectivity index is 1.81. The van der Waals surface area contributed by atoms with Crippen LogP contribution in [0.15, 0.2) is 36.4 Å². The average molecular weight is 340 g/mol. The molecule has 1 aromatic carbocycles. The van der Waals surface area contributed by atoms with E-state index in [0.29, 0.717) is 12.2 Å². The third-order valence-corrected chi connectivity index (χ3v) is 4.83. The normalized spacial score (nSPS) is 15.0. The zero-order chi connectivity index (χ0) is 17.8. The van der Waals surface area contributed by atoms with Crippen LogP contribution in [0, 0.1) is 11.7 Å². The molecule has 1 atom stereocenters. The van der Waals surface area contributed by atoms with E-state index in [9.17, 15) is 9.50 Å². The van der Waals surface area contributed by atoms with Crippen LogP contribution in [0.5, 0.6) is 0 Å². The summed E-state index contributed by atoms with van der Waals surface area (Å²) in [5.74, 6) is -0.0395. The third-order valence-electron chi connectivity index (χ3n) is 4.83. The fourth-order valence-electron chi connectivity index (χ4n) is 3.16. The smallest absolute Gasteiger partial charge is 0.146 e. The van der Waals surface area contributed by atoms with Crippen molar-refractivity contribution in [3.63, 3.8) is 0 Å². The maximum atomic E-state index is 14.1. The number of nitrogens with one attached hydrogen (secondary N) is 1. The first kappa shape index (κ1) is 17.8. The van der Waals surface area contributed by atoms with Gasteiger partial charge in [0.15, 0.2) is 0 Å². The van der Waals surface area contributed by atoms with Crippen LogP contribution in [0.1, 0.15) is 42.8 Å². The highest BCUT2D eigenvalue weighted by molar-refractivity contribution is 5.83. The highest BCUT2D eigenvalue weighted by Crippen LogP contribution is 2.29. The number of benzene rings is 1. The Hall–Kier alpha value is -2.04. The van der Waals surface area contributed by atoms with Crippen molar-refractivity contribution >= 4 is 11.6 Å². The number of halogens is 1. The number of allylic oxidation sites excluding steroid dienone is 1. The largest absolute Gasteiger partial charge is 0.395 e. The minimum atomic E-state index is -0.312. The molecule has 2 N–H and O–H groups in total. The summed E-state index contributed by atoms with van der Waals surface area (Å²) >= 11 is 0. The minimum Gasteiger partial charge on any atom is -0.395 e. The van der Waals surface area contributed by atoms with E-state index < -0.39 is 0 Å². The van der Waals surface area contributed by atoms with E-state index in [1.165, 1.54) is 17.2 Å². The Bertz CT molecular complexity index is 770. The molecule has 3 rings (SSSR count). The Morgan fingerprint density at radius 1 is 1.16 bits per heavy atom. The van der Waals surface area contributed by atoms with Crippen molar-refractivity contribution in [3.05, 3.63) is 64.7 Å². The second-order valence-electron chi connectivity index (χ2n) is 6.91. The van der Waals surface area contributed by atoms with Gasteiger partial charge in [-0.3, -0.25) is 0 Å². The van der Waals surface area contributed by atoms with Crippen LogP contribution in [-0.2, 0) is 13.0 Å². The summed E-state index contributed by atoms with van der Waals surface area (Å²) in [5.41, 5.74) is 4.93. The Morgan fingerprint density at radius 2 is 1.96 bits per heavy atom. The monoisotopic (exact) mass is 340 g/mol.